The first kappa shape index (κ1) is 6.96. The van der Waals surface area contributed by atoms with Crippen molar-refractivity contribution in [2.75, 3.05) is 0 Å². The second-order valence-corrected chi connectivity index (χ2v) is 3.75. The molecule has 2 N–H and O–H groups in total. The van der Waals surface area contributed by atoms with E-state index in [1.807, 2.05) is 0 Å². The Kier molecular flexibility index (Phi) is 1.52. The zero-order valence-corrected chi connectivity index (χ0v) is 6.84. The zero-order valence-electron chi connectivity index (χ0n) is 6.84. The summed E-state index contributed by atoms with van der Waals surface area (Å²) in [6.07, 6.45) is 13.2. The Morgan fingerprint density at radius 3 is 2.82 bits per heavy atom. The molecule has 2 rings (SSSR count). The van der Waals surface area contributed by atoms with Crippen molar-refractivity contribution in [2.24, 2.45) is 11.1 Å². The third-order valence-corrected chi connectivity index (χ3v) is 2.81. The fourth-order valence-electron chi connectivity index (χ4n) is 2.17. The summed E-state index contributed by atoms with van der Waals surface area (Å²) in [5, 5.41) is 0. The van der Waals surface area contributed by atoms with Crippen LogP contribution in [0.1, 0.15) is 32.1 Å². The average Bonchev–Trinajstić information content (AvgIpc) is 2.34. The van der Waals surface area contributed by atoms with Crippen molar-refractivity contribution in [1.29, 1.82) is 0 Å². The van der Waals surface area contributed by atoms with Gasteiger partial charge in [0.05, 0.1) is 0 Å². The van der Waals surface area contributed by atoms with Crippen molar-refractivity contribution < 1.29 is 0 Å². The first-order valence-electron chi connectivity index (χ1n) is 4.46. The number of rotatable bonds is 0. The van der Waals surface area contributed by atoms with Gasteiger partial charge in [0.25, 0.3) is 0 Å². The van der Waals surface area contributed by atoms with Gasteiger partial charge in [0.2, 0.25) is 0 Å². The van der Waals surface area contributed by atoms with Crippen molar-refractivity contribution >= 4 is 0 Å². The highest BCUT2D eigenvalue weighted by molar-refractivity contribution is 5.22. The summed E-state index contributed by atoms with van der Waals surface area (Å²) < 4.78 is 0. The maximum Gasteiger partial charge on any atom is 0.00846 e. The van der Waals surface area contributed by atoms with Crippen LogP contribution in [0.15, 0.2) is 23.9 Å². The summed E-state index contributed by atoms with van der Waals surface area (Å²) in [4.78, 5) is 0. The summed E-state index contributed by atoms with van der Waals surface area (Å²) in [6, 6.07) is 0. The SMILES string of the molecule is NC1=C[C@@]2(C=CCCC2)CC1. The lowest BCUT2D eigenvalue weighted by molar-refractivity contribution is 0.410. The third-order valence-electron chi connectivity index (χ3n) is 2.81. The molecule has 1 nitrogen and oxygen atoms in total. The van der Waals surface area contributed by atoms with Gasteiger partial charge in [-0.25, -0.2) is 0 Å². The van der Waals surface area contributed by atoms with Crippen LogP contribution in [0.3, 0.4) is 0 Å². The molecule has 0 aromatic heterocycles. The Balaban J connectivity index is 2.22. The number of hydrogen-bond acceptors (Lipinski definition) is 1. The topological polar surface area (TPSA) is 26.0 Å². The molecular weight excluding hydrogens is 134 g/mol. The molecule has 0 bridgehead atoms. The van der Waals surface area contributed by atoms with Crippen molar-refractivity contribution in [2.45, 2.75) is 32.1 Å². The number of nitrogens with two attached hydrogens (primary N) is 1. The van der Waals surface area contributed by atoms with Gasteiger partial charge in [-0.1, -0.05) is 18.2 Å². The lowest BCUT2D eigenvalue weighted by Crippen LogP contribution is -2.13. The van der Waals surface area contributed by atoms with E-state index in [4.69, 9.17) is 5.73 Å². The van der Waals surface area contributed by atoms with Gasteiger partial charge in [0.1, 0.15) is 0 Å². The van der Waals surface area contributed by atoms with E-state index >= 15 is 0 Å². The van der Waals surface area contributed by atoms with Crippen LogP contribution >= 0.6 is 0 Å². The van der Waals surface area contributed by atoms with Crippen LogP contribution in [0.5, 0.6) is 0 Å². The van der Waals surface area contributed by atoms with E-state index in [0.717, 1.165) is 12.1 Å². The van der Waals surface area contributed by atoms with Crippen LogP contribution in [0, 0.1) is 5.41 Å². The minimum absolute atomic E-state index is 0.377. The van der Waals surface area contributed by atoms with Crippen molar-refractivity contribution in [3.05, 3.63) is 23.9 Å². The minimum Gasteiger partial charge on any atom is -0.402 e. The molecule has 2 aliphatic carbocycles. The highest BCUT2D eigenvalue weighted by atomic mass is 14.6. The molecule has 0 heterocycles. The smallest absolute Gasteiger partial charge is 0.00846 e. The molecule has 0 fully saturated rings. The van der Waals surface area contributed by atoms with Gasteiger partial charge in [0.15, 0.2) is 0 Å². The molecule has 1 spiro atoms. The van der Waals surface area contributed by atoms with E-state index < -0.39 is 0 Å². The monoisotopic (exact) mass is 149 g/mol. The maximum atomic E-state index is 5.77. The predicted octanol–water partition coefficient (Wildman–Crippen LogP) is 2.35. The first-order chi connectivity index (χ1) is 5.31. The normalized spacial score (nSPS) is 36.2. The van der Waals surface area contributed by atoms with Gasteiger partial charge < -0.3 is 5.73 Å². The van der Waals surface area contributed by atoms with E-state index in [2.05, 4.69) is 18.2 Å². The van der Waals surface area contributed by atoms with E-state index in [1.165, 1.54) is 25.7 Å². The van der Waals surface area contributed by atoms with Crippen molar-refractivity contribution in [1.82, 2.24) is 0 Å². The predicted molar refractivity (Wildman–Crippen MR) is 46.9 cm³/mol. The maximum absolute atomic E-state index is 5.77. The molecule has 0 aromatic rings. The standard InChI is InChI=1S/C10H15N/c11-9-4-7-10(8-9)5-2-1-3-6-10/h2,5,8H,1,3-4,6-7,11H2/t10-/m1/s1. The van der Waals surface area contributed by atoms with E-state index in [-0.39, 0.29) is 0 Å². The molecule has 1 atom stereocenters. The number of allylic oxidation sites excluding steroid dienone is 4. The van der Waals surface area contributed by atoms with Crippen LogP contribution in [0.2, 0.25) is 0 Å². The van der Waals surface area contributed by atoms with Crippen LogP contribution < -0.4 is 5.73 Å². The number of hydrogen-bond donors (Lipinski definition) is 1. The van der Waals surface area contributed by atoms with E-state index in [9.17, 15) is 0 Å². The van der Waals surface area contributed by atoms with Crippen LogP contribution in [0.4, 0.5) is 0 Å². The second kappa shape index (κ2) is 2.40. The molecule has 2 aliphatic rings. The fourth-order valence-corrected chi connectivity index (χ4v) is 2.17. The highest BCUT2D eigenvalue weighted by Crippen LogP contribution is 2.42. The summed E-state index contributed by atoms with van der Waals surface area (Å²) >= 11 is 0. The van der Waals surface area contributed by atoms with E-state index in [1.54, 1.807) is 0 Å². The Labute approximate surface area is 68.0 Å². The zero-order chi connectivity index (χ0) is 7.73. The molecule has 1 heteroatoms. The van der Waals surface area contributed by atoms with Crippen molar-refractivity contribution in [3.8, 4) is 0 Å². The van der Waals surface area contributed by atoms with Crippen LogP contribution in [-0.2, 0) is 0 Å². The van der Waals surface area contributed by atoms with Gasteiger partial charge in [-0.05, 0) is 32.1 Å². The molecule has 60 valence electrons. The second-order valence-electron chi connectivity index (χ2n) is 3.75. The minimum atomic E-state index is 0.377. The molecule has 0 unspecified atom stereocenters. The molecule has 0 aromatic carbocycles. The van der Waals surface area contributed by atoms with Gasteiger partial charge >= 0.3 is 0 Å². The largest absolute Gasteiger partial charge is 0.402 e. The Morgan fingerprint density at radius 1 is 1.36 bits per heavy atom. The molecule has 0 saturated carbocycles. The molecule has 0 aliphatic heterocycles. The summed E-state index contributed by atoms with van der Waals surface area (Å²) in [5.41, 5.74) is 7.24. The van der Waals surface area contributed by atoms with Crippen LogP contribution in [0.25, 0.3) is 0 Å². The molecule has 11 heavy (non-hydrogen) atoms. The third kappa shape index (κ3) is 1.20. The molecule has 0 radical (unpaired) electrons. The molecular formula is C10H15N. The lowest BCUT2D eigenvalue weighted by atomic mass is 9.79. The highest BCUT2D eigenvalue weighted by Gasteiger charge is 2.30. The summed E-state index contributed by atoms with van der Waals surface area (Å²) in [5.74, 6) is 0. The molecule has 0 amide bonds. The quantitative estimate of drug-likeness (QED) is 0.526. The Bertz CT molecular complexity index is 215. The summed E-state index contributed by atoms with van der Waals surface area (Å²) in [6.45, 7) is 0. The first-order valence-corrected chi connectivity index (χ1v) is 4.46. The fraction of sp³-hybridized carbons (Fsp3) is 0.600. The lowest BCUT2D eigenvalue weighted by Gasteiger charge is -2.25. The molecule has 0 saturated heterocycles. The van der Waals surface area contributed by atoms with Gasteiger partial charge in [-0.2, -0.15) is 0 Å². The Hall–Kier alpha value is -0.720. The van der Waals surface area contributed by atoms with Crippen LogP contribution in [-0.4, -0.2) is 0 Å². The van der Waals surface area contributed by atoms with Gasteiger partial charge in [-0.15, -0.1) is 0 Å². The average molecular weight is 149 g/mol. The Morgan fingerprint density at radius 2 is 2.27 bits per heavy atom. The van der Waals surface area contributed by atoms with Gasteiger partial charge in [0, 0.05) is 11.1 Å². The van der Waals surface area contributed by atoms with E-state index in [0.29, 0.717) is 5.41 Å². The van der Waals surface area contributed by atoms with Gasteiger partial charge in [-0.3, -0.25) is 0 Å². The summed E-state index contributed by atoms with van der Waals surface area (Å²) in [7, 11) is 0. The van der Waals surface area contributed by atoms with Crippen molar-refractivity contribution in [3.63, 3.8) is 0 Å².